The SMILES string of the molecule is CCC(CC)(NC(=O)N(C)CCC(F)(F)F)C(=O)O. The van der Waals surface area contributed by atoms with Gasteiger partial charge in [0.1, 0.15) is 5.54 Å². The van der Waals surface area contributed by atoms with Gasteiger partial charge < -0.3 is 15.3 Å². The first kappa shape index (κ1) is 17.5. The van der Waals surface area contributed by atoms with Crippen LogP contribution in [0, 0.1) is 0 Å². The van der Waals surface area contributed by atoms with Crippen molar-refractivity contribution < 1.29 is 27.9 Å². The van der Waals surface area contributed by atoms with Crippen LogP contribution in [0.3, 0.4) is 0 Å². The summed E-state index contributed by atoms with van der Waals surface area (Å²) >= 11 is 0. The zero-order valence-corrected chi connectivity index (χ0v) is 11.2. The summed E-state index contributed by atoms with van der Waals surface area (Å²) in [5, 5.41) is 11.4. The molecule has 0 radical (unpaired) electrons. The van der Waals surface area contributed by atoms with E-state index in [1.54, 1.807) is 13.8 Å². The molecule has 0 fully saturated rings. The Bertz CT molecular complexity index is 328. The van der Waals surface area contributed by atoms with Gasteiger partial charge in [-0.3, -0.25) is 0 Å². The lowest BCUT2D eigenvalue weighted by atomic mass is 9.93. The Balaban J connectivity index is 4.61. The van der Waals surface area contributed by atoms with Crippen molar-refractivity contribution >= 4 is 12.0 Å². The molecule has 0 saturated heterocycles. The maximum atomic E-state index is 12.0. The second-order valence-corrected chi connectivity index (χ2v) is 4.31. The van der Waals surface area contributed by atoms with Gasteiger partial charge in [0.25, 0.3) is 0 Å². The Morgan fingerprint density at radius 1 is 1.21 bits per heavy atom. The summed E-state index contributed by atoms with van der Waals surface area (Å²) in [6.45, 7) is 2.67. The summed E-state index contributed by atoms with van der Waals surface area (Å²) in [5.74, 6) is -1.20. The summed E-state index contributed by atoms with van der Waals surface area (Å²) in [7, 11) is 1.19. The molecule has 0 aliphatic rings. The first-order valence-electron chi connectivity index (χ1n) is 5.91. The van der Waals surface area contributed by atoms with Crippen LogP contribution in [-0.4, -0.2) is 47.3 Å². The predicted octanol–water partition coefficient (Wildman–Crippen LogP) is 2.22. The van der Waals surface area contributed by atoms with E-state index >= 15 is 0 Å². The average molecular weight is 284 g/mol. The third-order valence-corrected chi connectivity index (χ3v) is 3.04. The van der Waals surface area contributed by atoms with Crippen molar-refractivity contribution in [1.29, 1.82) is 0 Å². The van der Waals surface area contributed by atoms with Crippen molar-refractivity contribution in [3.8, 4) is 0 Å². The number of halogens is 3. The van der Waals surface area contributed by atoms with Crippen LogP contribution < -0.4 is 5.32 Å². The summed E-state index contributed by atoms with van der Waals surface area (Å²) in [6.07, 6.45) is -5.18. The van der Waals surface area contributed by atoms with Crippen LogP contribution >= 0.6 is 0 Å². The van der Waals surface area contributed by atoms with Crippen molar-refractivity contribution in [1.82, 2.24) is 10.2 Å². The Morgan fingerprint density at radius 3 is 2.00 bits per heavy atom. The van der Waals surface area contributed by atoms with E-state index in [0.717, 1.165) is 4.90 Å². The Kier molecular flexibility index (Phi) is 6.11. The minimum absolute atomic E-state index is 0.150. The Labute approximate surface area is 109 Å². The minimum atomic E-state index is -4.35. The second kappa shape index (κ2) is 6.63. The molecule has 5 nitrogen and oxygen atoms in total. The lowest BCUT2D eigenvalue weighted by Crippen LogP contribution is -2.56. The van der Waals surface area contributed by atoms with Crippen molar-refractivity contribution in [2.75, 3.05) is 13.6 Å². The third kappa shape index (κ3) is 5.35. The topological polar surface area (TPSA) is 69.6 Å². The highest BCUT2D eigenvalue weighted by molar-refractivity contribution is 5.86. The number of rotatable bonds is 6. The molecule has 0 aromatic carbocycles. The highest BCUT2D eigenvalue weighted by Gasteiger charge is 2.37. The minimum Gasteiger partial charge on any atom is -0.480 e. The quantitative estimate of drug-likeness (QED) is 0.785. The first-order chi connectivity index (χ1) is 8.58. The highest BCUT2D eigenvalue weighted by Crippen LogP contribution is 2.20. The number of nitrogens with one attached hydrogen (secondary N) is 1. The van der Waals surface area contributed by atoms with Crippen LogP contribution in [0.4, 0.5) is 18.0 Å². The molecular formula is C11H19F3N2O3. The molecule has 0 aromatic rings. The van der Waals surface area contributed by atoms with Crippen LogP contribution in [-0.2, 0) is 4.79 Å². The number of aliphatic carboxylic acids is 1. The molecule has 0 aliphatic heterocycles. The lowest BCUT2D eigenvalue weighted by Gasteiger charge is -2.30. The van der Waals surface area contributed by atoms with Crippen LogP contribution in [0.15, 0.2) is 0 Å². The molecule has 0 aliphatic carbocycles. The summed E-state index contributed by atoms with van der Waals surface area (Å²) in [6, 6.07) is -0.824. The largest absolute Gasteiger partial charge is 0.480 e. The zero-order chi connectivity index (χ0) is 15.3. The number of hydrogen-bond acceptors (Lipinski definition) is 2. The highest BCUT2D eigenvalue weighted by atomic mass is 19.4. The van der Waals surface area contributed by atoms with Crippen molar-refractivity contribution in [2.24, 2.45) is 0 Å². The van der Waals surface area contributed by atoms with Gasteiger partial charge in [-0.05, 0) is 12.8 Å². The number of carbonyl (C=O) groups is 2. The Morgan fingerprint density at radius 2 is 1.68 bits per heavy atom. The monoisotopic (exact) mass is 284 g/mol. The molecule has 19 heavy (non-hydrogen) atoms. The number of nitrogens with zero attached hydrogens (tertiary/aromatic N) is 1. The molecule has 0 saturated carbocycles. The van der Waals surface area contributed by atoms with Gasteiger partial charge in [0.2, 0.25) is 0 Å². The van der Waals surface area contributed by atoms with Crippen molar-refractivity contribution in [2.45, 2.75) is 44.8 Å². The van der Waals surface area contributed by atoms with E-state index in [9.17, 15) is 22.8 Å². The van der Waals surface area contributed by atoms with E-state index in [-0.39, 0.29) is 12.8 Å². The zero-order valence-electron chi connectivity index (χ0n) is 11.2. The molecule has 8 heteroatoms. The lowest BCUT2D eigenvalue weighted by molar-refractivity contribution is -0.145. The molecule has 2 amide bonds. The number of hydrogen-bond donors (Lipinski definition) is 2. The van der Waals surface area contributed by atoms with Gasteiger partial charge in [0, 0.05) is 13.6 Å². The van der Waals surface area contributed by atoms with E-state index in [4.69, 9.17) is 5.11 Å². The summed E-state index contributed by atoms with van der Waals surface area (Å²) in [5.41, 5.74) is -1.44. The van der Waals surface area contributed by atoms with E-state index in [1.165, 1.54) is 7.05 Å². The molecule has 0 spiro atoms. The van der Waals surface area contributed by atoms with Crippen LogP contribution in [0.1, 0.15) is 33.1 Å². The molecule has 2 N–H and O–H groups in total. The first-order valence-corrected chi connectivity index (χ1v) is 5.91. The number of urea groups is 1. The van der Waals surface area contributed by atoms with Gasteiger partial charge in [-0.2, -0.15) is 13.2 Å². The summed E-state index contributed by atoms with van der Waals surface area (Å²) < 4.78 is 36.1. The molecule has 0 heterocycles. The maximum Gasteiger partial charge on any atom is 0.390 e. The number of carboxylic acids is 1. The fourth-order valence-corrected chi connectivity index (χ4v) is 1.48. The second-order valence-electron chi connectivity index (χ2n) is 4.31. The molecule has 112 valence electrons. The maximum absolute atomic E-state index is 12.0. The molecule has 0 aromatic heterocycles. The smallest absolute Gasteiger partial charge is 0.390 e. The van der Waals surface area contributed by atoms with Gasteiger partial charge in [-0.15, -0.1) is 0 Å². The normalized spacial score (nSPS) is 12.1. The van der Waals surface area contributed by atoms with Gasteiger partial charge in [0.05, 0.1) is 6.42 Å². The van der Waals surface area contributed by atoms with Gasteiger partial charge in [0.15, 0.2) is 0 Å². The van der Waals surface area contributed by atoms with Crippen molar-refractivity contribution in [3.05, 3.63) is 0 Å². The number of carboxylic acid groups (broad SMARTS) is 1. The van der Waals surface area contributed by atoms with Crippen LogP contribution in [0.25, 0.3) is 0 Å². The fraction of sp³-hybridized carbons (Fsp3) is 0.818. The van der Waals surface area contributed by atoms with Crippen LogP contribution in [0.5, 0.6) is 0 Å². The van der Waals surface area contributed by atoms with Crippen molar-refractivity contribution in [3.63, 3.8) is 0 Å². The molecular weight excluding hydrogens is 265 g/mol. The molecule has 0 rings (SSSR count). The van der Waals surface area contributed by atoms with E-state index in [2.05, 4.69) is 5.32 Å². The molecule has 0 unspecified atom stereocenters. The van der Waals surface area contributed by atoms with Gasteiger partial charge >= 0.3 is 18.2 Å². The average Bonchev–Trinajstić information content (AvgIpc) is 2.31. The fourth-order valence-electron chi connectivity index (χ4n) is 1.48. The van der Waals surface area contributed by atoms with Gasteiger partial charge in [-0.25, -0.2) is 9.59 Å². The predicted molar refractivity (Wildman–Crippen MR) is 62.8 cm³/mol. The standard InChI is InChI=1S/C11H19F3N2O3/c1-4-10(5-2,8(17)18)15-9(19)16(3)7-6-11(12,13)14/h4-7H2,1-3H3,(H,15,19)(H,17,18). The van der Waals surface area contributed by atoms with E-state index in [0.29, 0.717) is 0 Å². The number of alkyl halides is 3. The number of amides is 2. The number of carbonyl (C=O) groups excluding carboxylic acids is 1. The van der Waals surface area contributed by atoms with E-state index < -0.39 is 36.7 Å². The summed E-state index contributed by atoms with van der Waals surface area (Å²) in [4.78, 5) is 23.7. The molecule has 0 atom stereocenters. The molecule has 0 bridgehead atoms. The third-order valence-electron chi connectivity index (χ3n) is 3.04. The van der Waals surface area contributed by atoms with Gasteiger partial charge in [-0.1, -0.05) is 13.8 Å². The van der Waals surface area contributed by atoms with Crippen LogP contribution in [0.2, 0.25) is 0 Å². The Hall–Kier alpha value is -1.47. The van der Waals surface area contributed by atoms with E-state index in [1.807, 2.05) is 0 Å².